The Bertz CT molecular complexity index is 2750. The number of fused-ring (bicyclic) bond motifs is 10. The van der Waals surface area contributed by atoms with Crippen LogP contribution >= 0.6 is 0 Å². The highest BCUT2D eigenvalue weighted by molar-refractivity contribution is 6.29. The van der Waals surface area contributed by atoms with Crippen LogP contribution in [0.1, 0.15) is 0 Å². The van der Waals surface area contributed by atoms with Crippen molar-refractivity contribution in [2.45, 2.75) is 0 Å². The lowest BCUT2D eigenvalue weighted by Crippen LogP contribution is -1.99. The van der Waals surface area contributed by atoms with Gasteiger partial charge in [-0.3, -0.25) is 4.57 Å². The number of imidazole rings is 1. The highest BCUT2D eigenvalue weighted by Gasteiger charge is 2.21. The van der Waals surface area contributed by atoms with E-state index in [0.29, 0.717) is 0 Å². The van der Waals surface area contributed by atoms with Crippen molar-refractivity contribution in [2.24, 2.45) is 0 Å². The fourth-order valence-corrected chi connectivity index (χ4v) is 7.14. The molecule has 0 unspecified atom stereocenters. The summed E-state index contributed by atoms with van der Waals surface area (Å²) in [5.74, 6) is 0.931. The van der Waals surface area contributed by atoms with Crippen molar-refractivity contribution in [2.75, 3.05) is 0 Å². The third-order valence-corrected chi connectivity index (χ3v) is 9.12. The number of nitrogens with zero attached hydrogens (tertiary/aromatic N) is 3. The largest absolute Gasteiger partial charge is 0.455 e. The molecule has 0 aliphatic carbocycles. The zero-order valence-corrected chi connectivity index (χ0v) is 24.2. The van der Waals surface area contributed by atoms with E-state index in [4.69, 9.17) is 9.40 Å². The molecule has 0 bridgehead atoms. The number of hydrogen-bond acceptors (Lipinski definition) is 2. The van der Waals surface area contributed by atoms with Crippen molar-refractivity contribution in [1.82, 2.24) is 14.1 Å². The van der Waals surface area contributed by atoms with E-state index in [1.807, 2.05) is 18.2 Å². The maximum absolute atomic E-state index is 6.61. The van der Waals surface area contributed by atoms with Crippen LogP contribution in [0, 0.1) is 0 Å². The highest BCUT2D eigenvalue weighted by atomic mass is 16.3. The van der Waals surface area contributed by atoms with E-state index in [-0.39, 0.29) is 0 Å². The van der Waals surface area contributed by atoms with Crippen LogP contribution in [0.3, 0.4) is 0 Å². The normalized spacial score (nSPS) is 12.0. The van der Waals surface area contributed by atoms with Gasteiger partial charge < -0.3 is 8.98 Å². The summed E-state index contributed by atoms with van der Waals surface area (Å²) >= 11 is 0. The van der Waals surface area contributed by atoms with Crippen LogP contribution in [0.5, 0.6) is 0 Å². The summed E-state index contributed by atoms with van der Waals surface area (Å²) < 4.78 is 11.2. The van der Waals surface area contributed by atoms with Gasteiger partial charge in [0.25, 0.3) is 0 Å². The quantitative estimate of drug-likeness (QED) is 0.210. The van der Waals surface area contributed by atoms with Gasteiger partial charge in [0.15, 0.2) is 0 Å². The van der Waals surface area contributed by atoms with Gasteiger partial charge in [0.2, 0.25) is 0 Å². The molecule has 3 aromatic heterocycles. The van der Waals surface area contributed by atoms with Crippen LogP contribution in [-0.4, -0.2) is 14.1 Å². The molecular weight excluding hydrogens is 550 g/mol. The van der Waals surface area contributed by atoms with Gasteiger partial charge in [-0.2, -0.15) is 0 Å². The average Bonchev–Trinajstić information content (AvgIpc) is 3.78. The van der Waals surface area contributed by atoms with Gasteiger partial charge >= 0.3 is 0 Å². The lowest BCUT2D eigenvalue weighted by molar-refractivity contribution is 0.673. The Hall–Kier alpha value is -6.13. The Balaban J connectivity index is 1.25. The van der Waals surface area contributed by atoms with E-state index in [1.54, 1.807) is 0 Å². The van der Waals surface area contributed by atoms with E-state index in [9.17, 15) is 0 Å². The van der Waals surface area contributed by atoms with Gasteiger partial charge in [-0.1, -0.05) is 91.0 Å². The number of aromatic nitrogens is 3. The molecule has 4 nitrogen and oxygen atoms in total. The third kappa shape index (κ3) is 3.45. The zero-order valence-electron chi connectivity index (χ0n) is 24.2. The number of benzene rings is 7. The van der Waals surface area contributed by atoms with Crippen molar-refractivity contribution in [3.63, 3.8) is 0 Å². The Morgan fingerprint density at radius 2 is 1.11 bits per heavy atom. The minimum Gasteiger partial charge on any atom is -0.455 e. The minimum absolute atomic E-state index is 0.910. The molecule has 0 N–H and O–H groups in total. The Morgan fingerprint density at radius 3 is 1.98 bits per heavy atom. The van der Waals surface area contributed by atoms with Gasteiger partial charge in [-0.15, -0.1) is 0 Å². The highest BCUT2D eigenvalue weighted by Crippen LogP contribution is 2.43. The molecular formula is C41H25N3O. The number of rotatable bonds is 3. The summed E-state index contributed by atoms with van der Waals surface area (Å²) in [6.07, 6.45) is 0. The molecule has 45 heavy (non-hydrogen) atoms. The molecule has 0 saturated heterocycles. The van der Waals surface area contributed by atoms with Crippen molar-refractivity contribution >= 4 is 65.6 Å². The summed E-state index contributed by atoms with van der Waals surface area (Å²) in [6, 6.07) is 53.5. The molecule has 0 radical (unpaired) electrons. The minimum atomic E-state index is 0.910. The lowest BCUT2D eigenvalue weighted by atomic mass is 10.0. The topological polar surface area (TPSA) is 35.9 Å². The second-order valence-corrected chi connectivity index (χ2v) is 11.6. The molecule has 7 aromatic carbocycles. The molecule has 10 rings (SSSR count). The molecule has 0 aliphatic heterocycles. The Morgan fingerprint density at radius 1 is 0.444 bits per heavy atom. The van der Waals surface area contributed by atoms with Gasteiger partial charge in [-0.25, -0.2) is 4.98 Å². The summed E-state index contributed by atoms with van der Waals surface area (Å²) in [4.78, 5) is 5.04. The van der Waals surface area contributed by atoms with Crippen molar-refractivity contribution in [1.29, 1.82) is 0 Å². The second-order valence-electron chi connectivity index (χ2n) is 11.6. The van der Waals surface area contributed by atoms with E-state index in [2.05, 4.69) is 143 Å². The van der Waals surface area contributed by atoms with Crippen LogP contribution in [0.4, 0.5) is 0 Å². The number of furan rings is 1. The van der Waals surface area contributed by atoms with Gasteiger partial charge in [0.1, 0.15) is 17.0 Å². The fraction of sp³-hybridized carbons (Fsp3) is 0. The number of hydrogen-bond donors (Lipinski definition) is 0. The number of para-hydroxylation sites is 3. The van der Waals surface area contributed by atoms with Gasteiger partial charge in [0.05, 0.1) is 27.5 Å². The van der Waals surface area contributed by atoms with Gasteiger partial charge in [-0.05, 0) is 71.4 Å². The maximum atomic E-state index is 6.61. The third-order valence-electron chi connectivity index (χ3n) is 9.12. The molecule has 0 aliphatic rings. The molecule has 4 heteroatoms. The first-order valence-electron chi connectivity index (χ1n) is 15.2. The van der Waals surface area contributed by atoms with Crippen LogP contribution in [-0.2, 0) is 0 Å². The van der Waals surface area contributed by atoms with Crippen molar-refractivity contribution < 1.29 is 4.42 Å². The Labute approximate surface area is 258 Å². The molecule has 10 aromatic rings. The molecule has 0 spiro atoms. The van der Waals surface area contributed by atoms with Crippen LogP contribution in [0.15, 0.2) is 156 Å². The van der Waals surface area contributed by atoms with E-state index in [0.717, 1.165) is 72.2 Å². The fourth-order valence-electron chi connectivity index (χ4n) is 7.14. The summed E-state index contributed by atoms with van der Waals surface area (Å²) in [6.45, 7) is 0. The maximum Gasteiger partial charge on any atom is 0.145 e. The monoisotopic (exact) mass is 575 g/mol. The molecule has 0 amide bonds. The van der Waals surface area contributed by atoms with E-state index < -0.39 is 0 Å². The lowest BCUT2D eigenvalue weighted by Gasteiger charge is -2.12. The standard InChI is InChI=1S/C41H25N3O/c1-2-11-27(12-3-1)41-42-33-15-7-8-16-34(33)44(41)29-21-19-28(20-22-29)43-35-24-18-26-10-4-5-13-30(26)38(35)39-36(43)25-23-32-31-14-6-9-17-37(31)45-40(32)39/h1-25H. The predicted molar refractivity (Wildman–Crippen MR) is 186 cm³/mol. The molecule has 0 saturated carbocycles. The van der Waals surface area contributed by atoms with Crippen LogP contribution in [0.2, 0.25) is 0 Å². The molecule has 0 atom stereocenters. The summed E-state index contributed by atoms with van der Waals surface area (Å²) in [5, 5.41) is 7.08. The van der Waals surface area contributed by atoms with Crippen molar-refractivity contribution in [3.05, 3.63) is 152 Å². The predicted octanol–water partition coefficient (Wildman–Crippen LogP) is 10.8. The average molecular weight is 576 g/mol. The Kier molecular flexibility index (Phi) is 4.96. The first-order chi connectivity index (χ1) is 22.3. The van der Waals surface area contributed by atoms with Crippen LogP contribution in [0.25, 0.3) is 88.3 Å². The molecule has 210 valence electrons. The smallest absolute Gasteiger partial charge is 0.145 e. The van der Waals surface area contributed by atoms with E-state index in [1.165, 1.54) is 16.2 Å². The zero-order chi connectivity index (χ0) is 29.5. The first kappa shape index (κ1) is 24.3. The molecule has 0 fully saturated rings. The first-order valence-corrected chi connectivity index (χ1v) is 15.2. The van der Waals surface area contributed by atoms with Crippen LogP contribution < -0.4 is 0 Å². The molecule has 3 heterocycles. The van der Waals surface area contributed by atoms with Gasteiger partial charge in [0, 0.05) is 33.1 Å². The van der Waals surface area contributed by atoms with E-state index >= 15 is 0 Å². The SMILES string of the molecule is c1ccc(-c2nc3ccccc3n2-c2ccc(-n3c4ccc5ccccc5c4c4c5oc6ccccc6c5ccc43)cc2)cc1. The summed E-state index contributed by atoms with van der Waals surface area (Å²) in [7, 11) is 0. The summed E-state index contributed by atoms with van der Waals surface area (Å²) in [5.41, 5.74) is 9.43. The van der Waals surface area contributed by atoms with Crippen molar-refractivity contribution in [3.8, 4) is 22.8 Å². The second kappa shape index (κ2) is 9.18.